The predicted octanol–water partition coefficient (Wildman–Crippen LogP) is 6.97. The number of piperazine rings is 1. The third-order valence-corrected chi connectivity index (χ3v) is 8.08. The number of methoxy groups -OCH3 is 1. The van der Waals surface area contributed by atoms with Crippen LogP contribution >= 0.6 is 11.6 Å². The second kappa shape index (κ2) is 11.0. The topological polar surface area (TPSA) is 62.2 Å². The van der Waals surface area contributed by atoms with Gasteiger partial charge in [0.2, 0.25) is 0 Å². The molecule has 0 aromatic heterocycles. The van der Waals surface area contributed by atoms with Crippen molar-refractivity contribution in [2.24, 2.45) is 0 Å². The van der Waals surface area contributed by atoms with Gasteiger partial charge in [-0.25, -0.2) is 4.79 Å². The second-order valence-electron chi connectivity index (χ2n) is 11.4. The summed E-state index contributed by atoms with van der Waals surface area (Å²) in [7, 11) is 1.68. The first kappa shape index (κ1) is 27.2. The summed E-state index contributed by atoms with van der Waals surface area (Å²) in [5.41, 5.74) is 5.26. The minimum absolute atomic E-state index is 0.0633. The summed E-state index contributed by atoms with van der Waals surface area (Å²) in [6, 6.07) is 20.4. The number of fused-ring (bicyclic) bond motifs is 1. The van der Waals surface area contributed by atoms with Crippen LogP contribution in [-0.2, 0) is 11.2 Å². The van der Waals surface area contributed by atoms with Crippen LogP contribution in [0.3, 0.4) is 0 Å². The minimum atomic E-state index is -0.502. The van der Waals surface area contributed by atoms with Crippen molar-refractivity contribution in [3.63, 3.8) is 0 Å². The molecule has 2 aliphatic rings. The first-order valence-electron chi connectivity index (χ1n) is 13.6. The smallest absolute Gasteiger partial charge is 0.410 e. The predicted molar refractivity (Wildman–Crippen MR) is 155 cm³/mol. The summed E-state index contributed by atoms with van der Waals surface area (Å²) >= 11 is 7.05. The fraction of sp³-hybridized carbons (Fsp3) is 0.406. The zero-order chi connectivity index (χ0) is 27.7. The summed E-state index contributed by atoms with van der Waals surface area (Å²) in [5, 5.41) is 10.9. The van der Waals surface area contributed by atoms with Crippen LogP contribution in [0.4, 0.5) is 10.5 Å². The van der Waals surface area contributed by atoms with Crippen molar-refractivity contribution >= 4 is 23.4 Å². The molecule has 0 spiro atoms. The number of nitrogens with zero attached hydrogens (tertiary/aromatic N) is 2. The number of halogens is 1. The molecule has 3 aromatic carbocycles. The Morgan fingerprint density at radius 1 is 0.949 bits per heavy atom. The Kier molecular flexibility index (Phi) is 7.68. The lowest BCUT2D eigenvalue weighted by Crippen LogP contribution is -2.50. The molecule has 0 radical (unpaired) electrons. The number of hydrogen-bond acceptors (Lipinski definition) is 5. The fourth-order valence-electron chi connectivity index (χ4n) is 5.84. The molecule has 0 bridgehead atoms. The zero-order valence-electron chi connectivity index (χ0n) is 23.1. The normalized spacial score (nSPS) is 19.4. The number of aromatic hydroxyl groups is 1. The van der Waals surface area contributed by atoms with Crippen LogP contribution in [-0.4, -0.2) is 55.0 Å². The summed E-state index contributed by atoms with van der Waals surface area (Å²) in [6.07, 6.45) is 1.59. The number of benzene rings is 3. The monoisotopic (exact) mass is 548 g/mol. The molecule has 1 aliphatic carbocycles. The van der Waals surface area contributed by atoms with E-state index in [2.05, 4.69) is 35.2 Å². The summed E-state index contributed by atoms with van der Waals surface area (Å²) in [4.78, 5) is 16.5. The Labute approximate surface area is 236 Å². The van der Waals surface area contributed by atoms with E-state index in [1.165, 1.54) is 16.7 Å². The van der Waals surface area contributed by atoms with Gasteiger partial charge in [-0.2, -0.15) is 0 Å². The van der Waals surface area contributed by atoms with Gasteiger partial charge in [0.1, 0.15) is 17.1 Å². The quantitative estimate of drug-likeness (QED) is 0.381. The van der Waals surface area contributed by atoms with Crippen molar-refractivity contribution in [1.29, 1.82) is 0 Å². The van der Waals surface area contributed by atoms with Crippen molar-refractivity contribution < 1.29 is 19.4 Å². The molecule has 0 unspecified atom stereocenters. The van der Waals surface area contributed by atoms with Crippen LogP contribution < -0.4 is 9.64 Å². The molecule has 1 aliphatic heterocycles. The average Bonchev–Trinajstić information content (AvgIpc) is 2.91. The Hall–Kier alpha value is -3.38. The molecule has 206 valence electrons. The van der Waals surface area contributed by atoms with E-state index >= 15 is 0 Å². The van der Waals surface area contributed by atoms with Crippen LogP contribution in [0, 0.1) is 0 Å². The maximum atomic E-state index is 12.5. The Morgan fingerprint density at radius 2 is 1.64 bits per heavy atom. The molecule has 1 fully saturated rings. The van der Waals surface area contributed by atoms with Gasteiger partial charge in [-0.05, 0) is 98.2 Å². The summed E-state index contributed by atoms with van der Waals surface area (Å²) in [5.74, 6) is 1.44. The molecule has 6 nitrogen and oxygen atoms in total. The highest BCUT2D eigenvalue weighted by atomic mass is 35.5. The van der Waals surface area contributed by atoms with Crippen molar-refractivity contribution in [2.45, 2.75) is 51.0 Å². The number of hydrogen-bond donors (Lipinski definition) is 1. The molecule has 5 rings (SSSR count). The van der Waals surface area contributed by atoms with Gasteiger partial charge in [0.15, 0.2) is 0 Å². The summed E-state index contributed by atoms with van der Waals surface area (Å²) in [6.45, 7) is 8.30. The van der Waals surface area contributed by atoms with Crippen molar-refractivity contribution in [2.75, 3.05) is 38.2 Å². The summed E-state index contributed by atoms with van der Waals surface area (Å²) < 4.78 is 10.9. The van der Waals surface area contributed by atoms with Crippen LogP contribution in [0.15, 0.2) is 60.7 Å². The number of phenols is 1. The van der Waals surface area contributed by atoms with E-state index < -0.39 is 5.60 Å². The Bertz CT molecular complexity index is 1330. The molecule has 1 N–H and O–H groups in total. The first-order valence-corrected chi connectivity index (χ1v) is 14.0. The second-order valence-corrected chi connectivity index (χ2v) is 11.8. The van der Waals surface area contributed by atoms with Gasteiger partial charge < -0.3 is 24.4 Å². The maximum absolute atomic E-state index is 12.5. The molecule has 3 aromatic rings. The number of carbonyl (C=O) groups is 1. The third-order valence-electron chi connectivity index (χ3n) is 7.75. The van der Waals surface area contributed by atoms with Crippen LogP contribution in [0.2, 0.25) is 5.02 Å². The van der Waals surface area contributed by atoms with Gasteiger partial charge in [0, 0.05) is 42.8 Å². The molecular weight excluding hydrogens is 512 g/mol. The third kappa shape index (κ3) is 5.96. The highest BCUT2D eigenvalue weighted by molar-refractivity contribution is 6.31. The highest BCUT2D eigenvalue weighted by Gasteiger charge is 2.34. The van der Waals surface area contributed by atoms with E-state index in [9.17, 15) is 9.90 Å². The van der Waals surface area contributed by atoms with Crippen LogP contribution in [0.1, 0.15) is 61.3 Å². The maximum Gasteiger partial charge on any atom is 0.410 e. The van der Waals surface area contributed by atoms with Gasteiger partial charge >= 0.3 is 6.09 Å². The molecule has 1 saturated heterocycles. The number of carbonyl (C=O) groups excluding carboxylic acids is 1. The first-order chi connectivity index (χ1) is 18.6. The van der Waals surface area contributed by atoms with Gasteiger partial charge in [0.25, 0.3) is 0 Å². The zero-order valence-corrected chi connectivity index (χ0v) is 23.9. The van der Waals surface area contributed by atoms with Gasteiger partial charge in [-0.3, -0.25) is 0 Å². The Morgan fingerprint density at radius 3 is 2.28 bits per heavy atom. The lowest BCUT2D eigenvalue weighted by atomic mass is 9.69. The molecule has 2 atom stereocenters. The van der Waals surface area contributed by atoms with Crippen LogP contribution in [0.25, 0.3) is 0 Å². The van der Waals surface area contributed by atoms with E-state index in [4.69, 9.17) is 21.1 Å². The molecule has 39 heavy (non-hydrogen) atoms. The SMILES string of the molecule is COc1ccc([C@H]2CCc3cc(O)ccc3[C@H]2c2ccc(N3CCN(C(=O)OC(C)(C)C)CC3)cc2Cl)cc1. The number of amides is 1. The van der Waals surface area contributed by atoms with E-state index in [-0.39, 0.29) is 17.9 Å². The standard InChI is InChI=1S/C32H37ClN2O4/c1-32(2,3)39-31(37)35-17-15-34(16-18-35)23-8-13-28(29(33)20-23)30-26(21-5-10-25(38-4)11-6-21)12-7-22-19-24(36)9-14-27(22)30/h5-6,8-11,13-14,19-20,26,30,36H,7,12,15-18H2,1-4H3/t26-,30+/m1/s1. The molecule has 1 heterocycles. The number of phenolic OH excluding ortho intramolecular Hbond substituents is 1. The molecule has 7 heteroatoms. The van der Waals surface area contributed by atoms with Gasteiger partial charge in [0.05, 0.1) is 7.11 Å². The lowest BCUT2D eigenvalue weighted by molar-refractivity contribution is 0.0240. The van der Waals surface area contributed by atoms with Crippen LogP contribution in [0.5, 0.6) is 11.5 Å². The molecular formula is C32H37ClN2O4. The fourth-order valence-corrected chi connectivity index (χ4v) is 6.13. The lowest BCUT2D eigenvalue weighted by Gasteiger charge is -2.38. The number of anilines is 1. The number of ether oxygens (including phenoxy) is 2. The van der Waals surface area contributed by atoms with Crippen molar-refractivity contribution in [1.82, 2.24) is 4.90 Å². The highest BCUT2D eigenvalue weighted by Crippen LogP contribution is 2.49. The van der Waals surface area contributed by atoms with E-state index in [0.29, 0.717) is 18.8 Å². The van der Waals surface area contributed by atoms with Gasteiger partial charge in [-0.1, -0.05) is 35.9 Å². The van der Waals surface area contributed by atoms with E-state index in [1.54, 1.807) is 18.1 Å². The van der Waals surface area contributed by atoms with Gasteiger partial charge in [-0.15, -0.1) is 0 Å². The van der Waals surface area contributed by atoms with Crippen molar-refractivity contribution in [3.8, 4) is 11.5 Å². The average molecular weight is 549 g/mol. The van der Waals surface area contributed by atoms with E-state index in [0.717, 1.165) is 48.0 Å². The van der Waals surface area contributed by atoms with Crippen molar-refractivity contribution in [3.05, 3.63) is 87.9 Å². The number of aryl methyl sites for hydroxylation is 1. The molecule has 0 saturated carbocycles. The molecule has 1 amide bonds. The van der Waals surface area contributed by atoms with E-state index in [1.807, 2.05) is 45.0 Å². The minimum Gasteiger partial charge on any atom is -0.508 e. The Balaban J connectivity index is 1.40. The largest absolute Gasteiger partial charge is 0.508 e. The number of rotatable bonds is 4.